The zero-order valence-electron chi connectivity index (χ0n) is 9.05. The quantitative estimate of drug-likeness (QED) is 0.776. The minimum Gasteiger partial charge on any atom is -0.257 e. The van der Waals surface area contributed by atoms with Gasteiger partial charge in [-0.2, -0.15) is 23.7 Å². The van der Waals surface area contributed by atoms with E-state index in [-0.39, 0.29) is 17.3 Å². The van der Waals surface area contributed by atoms with Crippen LogP contribution in [0.3, 0.4) is 0 Å². The van der Waals surface area contributed by atoms with Crippen LogP contribution in [-0.2, 0) is 6.18 Å². The van der Waals surface area contributed by atoms with E-state index in [4.69, 9.17) is 10.5 Å². The lowest BCUT2D eigenvalue weighted by molar-refractivity contribution is -0.141. The molecule has 6 nitrogen and oxygen atoms in total. The van der Waals surface area contributed by atoms with Gasteiger partial charge in [-0.1, -0.05) is 0 Å². The predicted molar refractivity (Wildman–Crippen MR) is 53.6 cm³/mol. The first-order valence-electron chi connectivity index (χ1n) is 4.75. The van der Waals surface area contributed by atoms with Crippen LogP contribution in [0.1, 0.15) is 17.1 Å². The Kier molecular flexibility index (Phi) is 2.89. The number of hydrogen-bond donors (Lipinski definition) is 0. The summed E-state index contributed by atoms with van der Waals surface area (Å²) in [5, 5.41) is 17.6. The molecule has 2 aromatic heterocycles. The zero-order valence-corrected chi connectivity index (χ0v) is 9.05. The first kappa shape index (κ1) is 12.5. The van der Waals surface area contributed by atoms with Gasteiger partial charge in [0, 0.05) is 6.20 Å². The van der Waals surface area contributed by atoms with Crippen LogP contribution in [0.4, 0.5) is 13.2 Å². The number of halogens is 3. The minimum absolute atomic E-state index is 0.205. The Morgan fingerprint density at radius 1 is 1.16 bits per heavy atom. The predicted octanol–water partition coefficient (Wildman–Crippen LogP) is 1.42. The van der Waals surface area contributed by atoms with Crippen molar-refractivity contribution in [1.29, 1.82) is 10.5 Å². The van der Waals surface area contributed by atoms with Gasteiger partial charge in [0.25, 0.3) is 0 Å². The lowest BCUT2D eigenvalue weighted by atomic mass is 10.3. The topological polar surface area (TPSA) is 91.2 Å². The van der Waals surface area contributed by atoms with Crippen molar-refractivity contribution in [2.24, 2.45) is 0 Å². The molecular formula is C10H3F3N6. The highest BCUT2D eigenvalue weighted by Crippen LogP contribution is 2.27. The summed E-state index contributed by atoms with van der Waals surface area (Å²) in [5.74, 6) is -0.375. The van der Waals surface area contributed by atoms with Gasteiger partial charge in [0.05, 0.1) is 0 Å². The maximum atomic E-state index is 12.5. The second-order valence-corrected chi connectivity index (χ2v) is 3.28. The maximum absolute atomic E-state index is 12.5. The van der Waals surface area contributed by atoms with Gasteiger partial charge in [0.2, 0.25) is 5.95 Å². The summed E-state index contributed by atoms with van der Waals surface area (Å²) in [6.45, 7) is 0. The minimum atomic E-state index is -4.62. The van der Waals surface area contributed by atoms with E-state index in [0.29, 0.717) is 6.07 Å². The molecule has 0 saturated heterocycles. The van der Waals surface area contributed by atoms with Crippen LogP contribution >= 0.6 is 0 Å². The van der Waals surface area contributed by atoms with Gasteiger partial charge in [0.15, 0.2) is 11.4 Å². The SMILES string of the molecule is N#Cc1ncn(-c2nccc(C(F)(F)F)n2)c1C#N. The summed E-state index contributed by atoms with van der Waals surface area (Å²) in [6, 6.07) is 4.02. The fourth-order valence-electron chi connectivity index (χ4n) is 1.31. The molecule has 94 valence electrons. The summed E-state index contributed by atoms with van der Waals surface area (Å²) in [6.07, 6.45) is -2.69. The third-order valence-electron chi connectivity index (χ3n) is 2.13. The van der Waals surface area contributed by atoms with E-state index < -0.39 is 11.9 Å². The van der Waals surface area contributed by atoms with Crippen molar-refractivity contribution in [1.82, 2.24) is 19.5 Å². The normalized spacial score (nSPS) is 10.8. The molecular weight excluding hydrogens is 261 g/mol. The fraction of sp³-hybridized carbons (Fsp3) is 0.100. The van der Waals surface area contributed by atoms with E-state index in [9.17, 15) is 13.2 Å². The van der Waals surface area contributed by atoms with Gasteiger partial charge in [-0.05, 0) is 6.07 Å². The number of imidazole rings is 1. The summed E-state index contributed by atoms with van der Waals surface area (Å²) >= 11 is 0. The molecule has 0 atom stereocenters. The van der Waals surface area contributed by atoms with Gasteiger partial charge in [-0.15, -0.1) is 0 Å². The molecule has 2 rings (SSSR count). The van der Waals surface area contributed by atoms with E-state index in [2.05, 4.69) is 15.0 Å². The van der Waals surface area contributed by atoms with E-state index in [1.54, 1.807) is 12.1 Å². The van der Waals surface area contributed by atoms with Crippen molar-refractivity contribution in [3.8, 4) is 18.1 Å². The third kappa shape index (κ3) is 2.21. The lowest BCUT2D eigenvalue weighted by Crippen LogP contribution is -2.12. The van der Waals surface area contributed by atoms with Gasteiger partial charge in [-0.25, -0.2) is 15.0 Å². The highest BCUT2D eigenvalue weighted by Gasteiger charge is 2.33. The van der Waals surface area contributed by atoms with Crippen molar-refractivity contribution in [3.05, 3.63) is 35.7 Å². The molecule has 0 aliphatic rings. The molecule has 9 heteroatoms. The van der Waals surface area contributed by atoms with Crippen LogP contribution in [0.2, 0.25) is 0 Å². The van der Waals surface area contributed by atoms with Crippen LogP contribution in [0, 0.1) is 22.7 Å². The van der Waals surface area contributed by atoms with Crippen molar-refractivity contribution >= 4 is 0 Å². The Morgan fingerprint density at radius 3 is 2.47 bits per heavy atom. The van der Waals surface area contributed by atoms with E-state index in [1.165, 1.54) is 0 Å². The molecule has 0 saturated carbocycles. The second kappa shape index (κ2) is 4.38. The Balaban J connectivity index is 2.59. The molecule has 0 fully saturated rings. The maximum Gasteiger partial charge on any atom is 0.433 e. The van der Waals surface area contributed by atoms with Gasteiger partial charge < -0.3 is 0 Å². The monoisotopic (exact) mass is 264 g/mol. The molecule has 19 heavy (non-hydrogen) atoms. The van der Waals surface area contributed by atoms with Crippen molar-refractivity contribution < 1.29 is 13.2 Å². The number of rotatable bonds is 1. The van der Waals surface area contributed by atoms with Gasteiger partial charge in [-0.3, -0.25) is 4.57 Å². The zero-order chi connectivity index (χ0) is 14.0. The third-order valence-corrected chi connectivity index (χ3v) is 2.13. The van der Waals surface area contributed by atoms with Crippen LogP contribution < -0.4 is 0 Å². The average Bonchev–Trinajstić information content (AvgIpc) is 2.80. The Morgan fingerprint density at radius 2 is 1.89 bits per heavy atom. The molecule has 0 N–H and O–H groups in total. The number of nitriles is 2. The van der Waals surface area contributed by atoms with E-state index in [1.807, 2.05) is 0 Å². The Labute approximate surface area is 104 Å². The number of hydrogen-bond acceptors (Lipinski definition) is 5. The summed E-state index contributed by atoms with van der Waals surface area (Å²) < 4.78 is 38.4. The molecule has 2 heterocycles. The van der Waals surface area contributed by atoms with Crippen LogP contribution in [0.15, 0.2) is 18.6 Å². The van der Waals surface area contributed by atoms with Crippen LogP contribution in [0.5, 0.6) is 0 Å². The standard InChI is InChI=1S/C10H3F3N6/c11-10(12,13)8-1-2-16-9(18-8)19-5-17-6(3-14)7(19)4-15/h1-2,5H. The molecule has 0 bridgehead atoms. The molecule has 0 amide bonds. The second-order valence-electron chi connectivity index (χ2n) is 3.28. The van der Waals surface area contributed by atoms with Gasteiger partial charge in [0.1, 0.15) is 24.2 Å². The van der Waals surface area contributed by atoms with Crippen LogP contribution in [-0.4, -0.2) is 19.5 Å². The van der Waals surface area contributed by atoms with Crippen LogP contribution in [0.25, 0.3) is 5.95 Å². The van der Waals surface area contributed by atoms with Gasteiger partial charge >= 0.3 is 6.18 Å². The number of aromatic nitrogens is 4. The fourth-order valence-corrected chi connectivity index (χ4v) is 1.31. The smallest absolute Gasteiger partial charge is 0.257 e. The first-order chi connectivity index (χ1) is 8.97. The Bertz CT molecular complexity index is 703. The van der Waals surface area contributed by atoms with E-state index in [0.717, 1.165) is 17.1 Å². The molecule has 0 radical (unpaired) electrons. The Hall–Kier alpha value is -2.94. The van der Waals surface area contributed by atoms with E-state index >= 15 is 0 Å². The van der Waals surface area contributed by atoms with Crippen molar-refractivity contribution in [2.45, 2.75) is 6.18 Å². The number of nitrogens with zero attached hydrogens (tertiary/aromatic N) is 6. The summed E-state index contributed by atoms with van der Waals surface area (Å²) in [5.41, 5.74) is -1.57. The molecule has 2 aromatic rings. The number of alkyl halides is 3. The largest absolute Gasteiger partial charge is 0.433 e. The molecule has 0 unspecified atom stereocenters. The molecule has 0 aliphatic carbocycles. The molecule has 0 aromatic carbocycles. The molecule has 0 spiro atoms. The highest BCUT2D eigenvalue weighted by atomic mass is 19.4. The lowest BCUT2D eigenvalue weighted by Gasteiger charge is -2.07. The first-order valence-corrected chi connectivity index (χ1v) is 4.75. The summed E-state index contributed by atoms with van der Waals surface area (Å²) in [4.78, 5) is 10.5. The van der Waals surface area contributed by atoms with Crippen molar-refractivity contribution in [2.75, 3.05) is 0 Å². The van der Waals surface area contributed by atoms with Crippen molar-refractivity contribution in [3.63, 3.8) is 0 Å². The molecule has 0 aliphatic heterocycles. The summed E-state index contributed by atoms with van der Waals surface area (Å²) in [7, 11) is 0. The highest BCUT2D eigenvalue weighted by molar-refractivity contribution is 5.39. The average molecular weight is 264 g/mol.